The van der Waals surface area contributed by atoms with Gasteiger partial charge in [0.05, 0.1) is 0 Å². The Bertz CT molecular complexity index is 390. The quantitative estimate of drug-likeness (QED) is 0.799. The van der Waals surface area contributed by atoms with E-state index in [9.17, 15) is 4.79 Å². The van der Waals surface area contributed by atoms with Gasteiger partial charge < -0.3 is 14.4 Å². The molecule has 134 valence electrons. The van der Waals surface area contributed by atoms with E-state index in [1.807, 2.05) is 25.7 Å². The van der Waals surface area contributed by atoms with Gasteiger partial charge in [-0.25, -0.2) is 4.79 Å². The zero-order valence-corrected chi connectivity index (χ0v) is 15.6. The Morgan fingerprint density at radius 2 is 1.70 bits per heavy atom. The van der Waals surface area contributed by atoms with Gasteiger partial charge in [-0.15, -0.1) is 0 Å². The van der Waals surface area contributed by atoms with Gasteiger partial charge in [0, 0.05) is 44.9 Å². The van der Waals surface area contributed by atoms with Crippen LogP contribution in [0.25, 0.3) is 0 Å². The number of ether oxygens (including phenoxy) is 2. The van der Waals surface area contributed by atoms with Crippen molar-refractivity contribution < 1.29 is 14.3 Å². The van der Waals surface area contributed by atoms with Crippen LogP contribution >= 0.6 is 0 Å². The maximum absolute atomic E-state index is 12.2. The molecule has 2 fully saturated rings. The summed E-state index contributed by atoms with van der Waals surface area (Å²) in [5.41, 5.74) is -0.166. The zero-order chi connectivity index (χ0) is 17.1. The second-order valence-corrected chi connectivity index (χ2v) is 8.39. The highest BCUT2D eigenvalue weighted by Gasteiger charge is 2.40. The van der Waals surface area contributed by atoms with E-state index >= 15 is 0 Å². The fourth-order valence-corrected chi connectivity index (χ4v) is 3.85. The van der Waals surface area contributed by atoms with Gasteiger partial charge in [0.2, 0.25) is 0 Å². The molecule has 0 unspecified atom stereocenters. The molecule has 0 aliphatic carbocycles. The Balaban J connectivity index is 1.94. The van der Waals surface area contributed by atoms with Crippen LogP contribution in [0.2, 0.25) is 0 Å². The molecule has 2 aliphatic heterocycles. The minimum atomic E-state index is -0.423. The molecule has 0 radical (unpaired) electrons. The molecule has 0 saturated carbocycles. The first-order valence-corrected chi connectivity index (χ1v) is 9.03. The predicted octanol–water partition coefficient (Wildman–Crippen LogP) is 3.13. The number of hydrogen-bond acceptors (Lipinski definition) is 4. The second kappa shape index (κ2) is 7.39. The van der Waals surface area contributed by atoms with Crippen LogP contribution in [0.4, 0.5) is 4.79 Å². The summed E-state index contributed by atoms with van der Waals surface area (Å²) in [5, 5.41) is 0. The SMILES string of the molecule is CC(C)CC1(N2CCN(C(=O)OC(C)(C)C)CC2)CCOCC1. The predicted molar refractivity (Wildman–Crippen MR) is 91.6 cm³/mol. The lowest BCUT2D eigenvalue weighted by Crippen LogP contribution is -2.60. The van der Waals surface area contributed by atoms with Crippen molar-refractivity contribution >= 4 is 6.09 Å². The molecule has 5 nitrogen and oxygen atoms in total. The van der Waals surface area contributed by atoms with Gasteiger partial charge in [-0.3, -0.25) is 4.90 Å². The molecule has 0 atom stereocenters. The molecule has 0 aromatic carbocycles. The highest BCUT2D eigenvalue weighted by Crippen LogP contribution is 2.35. The summed E-state index contributed by atoms with van der Waals surface area (Å²) in [6, 6.07) is 0. The van der Waals surface area contributed by atoms with E-state index in [-0.39, 0.29) is 11.6 Å². The summed E-state index contributed by atoms with van der Waals surface area (Å²) < 4.78 is 11.1. The zero-order valence-electron chi connectivity index (χ0n) is 15.6. The first-order chi connectivity index (χ1) is 10.7. The van der Waals surface area contributed by atoms with Gasteiger partial charge in [-0.05, 0) is 46.0 Å². The maximum Gasteiger partial charge on any atom is 0.410 e. The Hall–Kier alpha value is -0.810. The number of rotatable bonds is 3. The van der Waals surface area contributed by atoms with Gasteiger partial charge in [0.1, 0.15) is 5.60 Å². The molecule has 23 heavy (non-hydrogen) atoms. The van der Waals surface area contributed by atoms with Gasteiger partial charge in [-0.1, -0.05) is 13.8 Å². The molecule has 1 amide bonds. The summed E-state index contributed by atoms with van der Waals surface area (Å²) in [5.74, 6) is 0.678. The molecule has 0 bridgehead atoms. The summed E-state index contributed by atoms with van der Waals surface area (Å²) in [6.07, 6.45) is 3.25. The van der Waals surface area contributed by atoms with E-state index in [4.69, 9.17) is 9.47 Å². The lowest BCUT2D eigenvalue weighted by atomic mass is 9.80. The van der Waals surface area contributed by atoms with Crippen LogP contribution in [-0.4, -0.2) is 66.4 Å². The van der Waals surface area contributed by atoms with Crippen molar-refractivity contribution in [2.45, 2.75) is 65.0 Å². The van der Waals surface area contributed by atoms with Crippen molar-refractivity contribution in [1.29, 1.82) is 0 Å². The first kappa shape index (κ1) is 18.5. The van der Waals surface area contributed by atoms with Gasteiger partial charge in [0.25, 0.3) is 0 Å². The Kier molecular flexibility index (Phi) is 5.95. The molecule has 5 heteroatoms. The van der Waals surface area contributed by atoms with Crippen LogP contribution < -0.4 is 0 Å². The minimum Gasteiger partial charge on any atom is -0.444 e. The summed E-state index contributed by atoms with van der Waals surface area (Å²) >= 11 is 0. The third-order valence-corrected chi connectivity index (χ3v) is 4.81. The van der Waals surface area contributed by atoms with Crippen molar-refractivity contribution in [3.05, 3.63) is 0 Å². The van der Waals surface area contributed by atoms with Crippen molar-refractivity contribution in [2.75, 3.05) is 39.4 Å². The monoisotopic (exact) mass is 326 g/mol. The minimum absolute atomic E-state index is 0.179. The third-order valence-electron chi connectivity index (χ3n) is 4.81. The maximum atomic E-state index is 12.2. The summed E-state index contributed by atoms with van der Waals surface area (Å²) in [6.45, 7) is 15.5. The number of hydrogen-bond donors (Lipinski definition) is 0. The second-order valence-electron chi connectivity index (χ2n) is 8.39. The average molecular weight is 326 g/mol. The molecular formula is C18H34N2O3. The lowest BCUT2D eigenvalue weighted by Gasteiger charge is -2.50. The molecule has 2 aliphatic rings. The summed E-state index contributed by atoms with van der Waals surface area (Å²) in [4.78, 5) is 16.7. The van der Waals surface area contributed by atoms with E-state index in [0.717, 1.165) is 52.2 Å². The molecular weight excluding hydrogens is 292 g/mol. The fraction of sp³-hybridized carbons (Fsp3) is 0.944. The van der Waals surface area contributed by atoms with Gasteiger partial charge in [0.15, 0.2) is 0 Å². The molecule has 2 rings (SSSR count). The fourth-order valence-electron chi connectivity index (χ4n) is 3.85. The van der Waals surface area contributed by atoms with E-state index in [0.29, 0.717) is 5.92 Å². The van der Waals surface area contributed by atoms with Crippen molar-refractivity contribution in [3.8, 4) is 0 Å². The van der Waals surface area contributed by atoms with Crippen LogP contribution in [0.3, 0.4) is 0 Å². The Labute approximate surface area is 141 Å². The highest BCUT2D eigenvalue weighted by atomic mass is 16.6. The Morgan fingerprint density at radius 3 is 2.17 bits per heavy atom. The standard InChI is InChI=1S/C18H34N2O3/c1-15(2)14-18(6-12-22-13-7-18)20-10-8-19(9-11-20)16(21)23-17(3,4)5/h15H,6-14H2,1-5H3. The van der Waals surface area contributed by atoms with Crippen molar-refractivity contribution in [1.82, 2.24) is 9.80 Å². The third kappa shape index (κ3) is 5.08. The number of carbonyl (C=O) groups excluding carboxylic acids is 1. The Morgan fingerprint density at radius 1 is 1.13 bits per heavy atom. The average Bonchev–Trinajstić information content (AvgIpc) is 2.46. The van der Waals surface area contributed by atoms with Crippen LogP contribution in [0.5, 0.6) is 0 Å². The smallest absolute Gasteiger partial charge is 0.410 e. The normalized spacial score (nSPS) is 23.1. The summed E-state index contributed by atoms with van der Waals surface area (Å²) in [7, 11) is 0. The van der Waals surface area contributed by atoms with Gasteiger partial charge >= 0.3 is 6.09 Å². The van der Waals surface area contributed by atoms with Crippen LogP contribution in [-0.2, 0) is 9.47 Å². The lowest BCUT2D eigenvalue weighted by molar-refractivity contribution is -0.0592. The largest absolute Gasteiger partial charge is 0.444 e. The molecule has 0 spiro atoms. The van der Waals surface area contributed by atoms with E-state index in [2.05, 4.69) is 18.7 Å². The van der Waals surface area contributed by atoms with Gasteiger partial charge in [-0.2, -0.15) is 0 Å². The molecule has 0 N–H and O–H groups in total. The first-order valence-electron chi connectivity index (χ1n) is 9.03. The number of carbonyl (C=O) groups is 1. The number of piperazine rings is 1. The van der Waals surface area contributed by atoms with Crippen molar-refractivity contribution in [2.24, 2.45) is 5.92 Å². The number of nitrogens with zero attached hydrogens (tertiary/aromatic N) is 2. The van der Waals surface area contributed by atoms with Crippen LogP contribution in [0.15, 0.2) is 0 Å². The molecule has 0 aromatic rings. The van der Waals surface area contributed by atoms with E-state index < -0.39 is 5.60 Å². The van der Waals surface area contributed by atoms with Crippen molar-refractivity contribution in [3.63, 3.8) is 0 Å². The number of amides is 1. The topological polar surface area (TPSA) is 42.0 Å². The molecule has 2 heterocycles. The molecule has 0 aromatic heterocycles. The van der Waals surface area contributed by atoms with E-state index in [1.54, 1.807) is 0 Å². The molecule has 2 saturated heterocycles. The van der Waals surface area contributed by atoms with E-state index in [1.165, 1.54) is 6.42 Å². The highest BCUT2D eigenvalue weighted by molar-refractivity contribution is 5.68. The van der Waals surface area contributed by atoms with Crippen LogP contribution in [0.1, 0.15) is 53.9 Å². The van der Waals surface area contributed by atoms with Crippen LogP contribution in [0, 0.1) is 5.92 Å².